The second-order valence-electron chi connectivity index (χ2n) is 9.60. The summed E-state index contributed by atoms with van der Waals surface area (Å²) in [6.07, 6.45) is -1.45. The van der Waals surface area contributed by atoms with Crippen LogP contribution in [0.2, 0.25) is 0 Å². The average molecular weight is 572 g/mol. The van der Waals surface area contributed by atoms with Crippen molar-refractivity contribution >= 4 is 29.3 Å². The first-order valence-corrected chi connectivity index (χ1v) is 14.0. The number of alkyl carbamates (subject to hydrolysis) is 1. The van der Waals surface area contributed by atoms with E-state index in [0.717, 1.165) is 39.2 Å². The molecule has 0 saturated heterocycles. The van der Waals surface area contributed by atoms with E-state index < -0.39 is 30.1 Å². The number of benzene rings is 3. The summed E-state index contributed by atoms with van der Waals surface area (Å²) in [7, 11) is 0. The Kier molecular flexibility index (Phi) is 8.71. The number of carbonyl (C=O) groups excluding carboxylic acids is 2. The molecule has 2 amide bonds. The molecule has 9 nitrogen and oxygen atoms in total. The Balaban J connectivity index is 1.25. The van der Waals surface area contributed by atoms with Gasteiger partial charge in [0.05, 0.1) is 19.3 Å². The molecule has 1 aliphatic carbocycles. The largest absolute Gasteiger partial charge is 0.476 e. The SMILES string of the molecule is CC(OCc1ccccc1)C(NC(=O)OCC1c2ccccc2-c2ccccc21)C(=O)NCc1nc(C(=O)O)cs1. The first-order valence-electron chi connectivity index (χ1n) is 13.1. The Morgan fingerprint density at radius 2 is 1.59 bits per heavy atom. The molecule has 3 N–H and O–H groups in total. The fourth-order valence-electron chi connectivity index (χ4n) is 4.82. The van der Waals surface area contributed by atoms with Crippen LogP contribution in [0.5, 0.6) is 0 Å². The fraction of sp³-hybridized carbons (Fsp3) is 0.226. The smallest absolute Gasteiger partial charge is 0.407 e. The molecule has 0 bridgehead atoms. The Labute approximate surface area is 241 Å². The molecule has 0 spiro atoms. The number of amides is 2. The topological polar surface area (TPSA) is 127 Å². The van der Waals surface area contributed by atoms with E-state index in [1.807, 2.05) is 66.7 Å². The maximum absolute atomic E-state index is 13.2. The maximum Gasteiger partial charge on any atom is 0.407 e. The average Bonchev–Trinajstić information content (AvgIpc) is 3.60. The standard InChI is InChI=1S/C31H29N3O6S/c1-19(39-16-20-9-3-2-4-10-20)28(29(35)32-15-27-33-26(18-41-27)30(36)37)34-31(38)40-17-25-23-13-7-5-11-21(23)22-12-6-8-14-24(22)25/h2-14,18-19,25,28H,15-17H2,1H3,(H,32,35)(H,34,38)(H,36,37). The molecule has 4 aromatic rings. The van der Waals surface area contributed by atoms with E-state index in [0.29, 0.717) is 5.01 Å². The quantitative estimate of drug-likeness (QED) is 0.232. The van der Waals surface area contributed by atoms with Gasteiger partial charge in [-0.1, -0.05) is 78.9 Å². The second kappa shape index (κ2) is 12.8. The molecule has 1 heterocycles. The lowest BCUT2D eigenvalue weighted by Gasteiger charge is -2.25. The zero-order chi connectivity index (χ0) is 28.8. The van der Waals surface area contributed by atoms with Gasteiger partial charge < -0.3 is 25.2 Å². The van der Waals surface area contributed by atoms with Crippen LogP contribution >= 0.6 is 11.3 Å². The Bertz CT molecular complexity index is 1490. The molecule has 210 valence electrons. The number of carbonyl (C=O) groups is 3. The number of nitrogens with one attached hydrogen (secondary N) is 2. The molecule has 0 fully saturated rings. The molecule has 0 radical (unpaired) electrons. The van der Waals surface area contributed by atoms with Crippen molar-refractivity contribution in [3.8, 4) is 11.1 Å². The number of fused-ring (bicyclic) bond motifs is 3. The van der Waals surface area contributed by atoms with E-state index in [-0.39, 0.29) is 31.4 Å². The Morgan fingerprint density at radius 3 is 2.22 bits per heavy atom. The second-order valence-corrected chi connectivity index (χ2v) is 10.5. The highest BCUT2D eigenvalue weighted by atomic mass is 32.1. The van der Waals surface area contributed by atoms with Gasteiger partial charge in [0.2, 0.25) is 5.91 Å². The van der Waals surface area contributed by atoms with Gasteiger partial charge in [0.15, 0.2) is 5.69 Å². The highest BCUT2D eigenvalue weighted by Gasteiger charge is 2.31. The monoisotopic (exact) mass is 571 g/mol. The molecule has 0 aliphatic heterocycles. The highest BCUT2D eigenvalue weighted by Crippen LogP contribution is 2.44. The minimum Gasteiger partial charge on any atom is -0.476 e. The number of carboxylic acid groups (broad SMARTS) is 1. The molecule has 2 unspecified atom stereocenters. The Hall–Kier alpha value is -4.54. The van der Waals surface area contributed by atoms with Crippen molar-refractivity contribution in [3.05, 3.63) is 112 Å². The van der Waals surface area contributed by atoms with Crippen LogP contribution in [-0.2, 0) is 27.4 Å². The number of hydrogen-bond donors (Lipinski definition) is 3. The predicted molar refractivity (Wildman–Crippen MR) is 154 cm³/mol. The first kappa shape index (κ1) is 28.0. The normalized spacial score (nSPS) is 13.5. The van der Waals surface area contributed by atoms with Crippen molar-refractivity contribution < 1.29 is 29.0 Å². The lowest BCUT2D eigenvalue weighted by Crippen LogP contribution is -2.53. The van der Waals surface area contributed by atoms with Gasteiger partial charge in [0.25, 0.3) is 0 Å². The third-order valence-corrected chi connectivity index (χ3v) is 7.76. The molecule has 1 aromatic heterocycles. The van der Waals surface area contributed by atoms with Crippen LogP contribution < -0.4 is 10.6 Å². The zero-order valence-electron chi connectivity index (χ0n) is 22.3. The number of ether oxygens (including phenoxy) is 2. The highest BCUT2D eigenvalue weighted by molar-refractivity contribution is 7.09. The zero-order valence-corrected chi connectivity index (χ0v) is 23.1. The summed E-state index contributed by atoms with van der Waals surface area (Å²) in [4.78, 5) is 41.4. The van der Waals surface area contributed by atoms with Gasteiger partial charge in [-0.05, 0) is 34.7 Å². The number of aromatic nitrogens is 1. The van der Waals surface area contributed by atoms with Crippen molar-refractivity contribution in [1.82, 2.24) is 15.6 Å². The maximum atomic E-state index is 13.2. The molecule has 3 aromatic carbocycles. The van der Waals surface area contributed by atoms with Gasteiger partial charge >= 0.3 is 12.1 Å². The summed E-state index contributed by atoms with van der Waals surface area (Å²) in [5.74, 6) is -1.77. The van der Waals surface area contributed by atoms with E-state index in [1.54, 1.807) is 6.92 Å². The molecule has 1 aliphatic rings. The molecule has 5 rings (SSSR count). The molecule has 0 saturated carbocycles. The van der Waals surface area contributed by atoms with Gasteiger partial charge in [-0.15, -0.1) is 11.3 Å². The Morgan fingerprint density at radius 1 is 0.951 bits per heavy atom. The van der Waals surface area contributed by atoms with Crippen LogP contribution in [0.15, 0.2) is 84.2 Å². The van der Waals surface area contributed by atoms with Gasteiger partial charge in [-0.2, -0.15) is 0 Å². The minimum atomic E-state index is -1.14. The van der Waals surface area contributed by atoms with Gasteiger partial charge in [0.1, 0.15) is 17.7 Å². The van der Waals surface area contributed by atoms with Gasteiger partial charge in [0, 0.05) is 11.3 Å². The van der Waals surface area contributed by atoms with Crippen molar-refractivity contribution in [1.29, 1.82) is 0 Å². The van der Waals surface area contributed by atoms with Crippen LogP contribution in [0.4, 0.5) is 4.79 Å². The van der Waals surface area contributed by atoms with E-state index in [2.05, 4.69) is 27.8 Å². The number of nitrogens with zero attached hydrogens (tertiary/aromatic N) is 1. The third kappa shape index (κ3) is 6.62. The fourth-order valence-corrected chi connectivity index (χ4v) is 5.53. The van der Waals surface area contributed by atoms with Crippen LogP contribution in [-0.4, -0.2) is 46.8 Å². The lowest BCUT2D eigenvalue weighted by molar-refractivity contribution is -0.127. The van der Waals surface area contributed by atoms with Crippen molar-refractivity contribution in [2.24, 2.45) is 0 Å². The molecule has 10 heteroatoms. The van der Waals surface area contributed by atoms with Gasteiger partial charge in [-0.25, -0.2) is 14.6 Å². The van der Waals surface area contributed by atoms with Crippen LogP contribution in [0.3, 0.4) is 0 Å². The minimum absolute atomic E-state index is 0.00501. The molecular formula is C31H29N3O6S. The van der Waals surface area contributed by atoms with Crippen molar-refractivity contribution in [3.63, 3.8) is 0 Å². The van der Waals surface area contributed by atoms with Crippen LogP contribution in [0.1, 0.15) is 45.0 Å². The summed E-state index contributed by atoms with van der Waals surface area (Å²) >= 11 is 1.12. The van der Waals surface area contributed by atoms with Crippen LogP contribution in [0.25, 0.3) is 11.1 Å². The lowest BCUT2D eigenvalue weighted by atomic mass is 9.98. The summed E-state index contributed by atoms with van der Waals surface area (Å²) in [5, 5.41) is 16.3. The predicted octanol–water partition coefficient (Wildman–Crippen LogP) is 4.97. The van der Waals surface area contributed by atoms with E-state index in [4.69, 9.17) is 14.6 Å². The number of rotatable bonds is 11. The van der Waals surface area contributed by atoms with E-state index >= 15 is 0 Å². The summed E-state index contributed by atoms with van der Waals surface area (Å²) in [6.45, 7) is 2.05. The number of carboxylic acids is 1. The number of hydrogen-bond acceptors (Lipinski definition) is 7. The van der Waals surface area contributed by atoms with Crippen LogP contribution in [0, 0.1) is 0 Å². The third-order valence-electron chi connectivity index (χ3n) is 6.91. The van der Waals surface area contributed by atoms with Gasteiger partial charge in [-0.3, -0.25) is 4.79 Å². The van der Waals surface area contributed by atoms with Crippen molar-refractivity contribution in [2.75, 3.05) is 6.61 Å². The van der Waals surface area contributed by atoms with E-state index in [1.165, 1.54) is 5.38 Å². The summed E-state index contributed by atoms with van der Waals surface area (Å²) in [6, 6.07) is 24.5. The number of thiazole rings is 1. The molecular weight excluding hydrogens is 542 g/mol. The van der Waals surface area contributed by atoms with E-state index in [9.17, 15) is 14.4 Å². The first-order chi connectivity index (χ1) is 19.9. The summed E-state index contributed by atoms with van der Waals surface area (Å²) < 4.78 is 11.6. The summed E-state index contributed by atoms with van der Waals surface area (Å²) in [5.41, 5.74) is 5.23. The van der Waals surface area contributed by atoms with Crippen molar-refractivity contribution in [2.45, 2.75) is 38.1 Å². The number of aromatic carboxylic acids is 1. The molecule has 2 atom stereocenters. The molecule has 41 heavy (non-hydrogen) atoms.